The van der Waals surface area contributed by atoms with E-state index in [4.69, 9.17) is 0 Å². The van der Waals surface area contributed by atoms with Crippen molar-refractivity contribution in [1.82, 2.24) is 14.9 Å². The van der Waals surface area contributed by atoms with Gasteiger partial charge in [-0.2, -0.15) is 0 Å². The molecule has 1 unspecified atom stereocenters. The normalized spacial score (nSPS) is 12.5. The Morgan fingerprint density at radius 1 is 1.14 bits per heavy atom. The number of hydrogen-bond donors (Lipinski definition) is 1. The first kappa shape index (κ1) is 15.8. The Labute approximate surface area is 128 Å². The van der Waals surface area contributed by atoms with Gasteiger partial charge in [0.2, 0.25) is 0 Å². The van der Waals surface area contributed by atoms with E-state index in [1.165, 1.54) is 17.5 Å². The maximum absolute atomic E-state index is 4.44. The molecule has 0 saturated carbocycles. The maximum atomic E-state index is 4.44. The number of rotatable bonds is 8. The van der Waals surface area contributed by atoms with E-state index in [-0.39, 0.29) is 0 Å². The first-order valence-corrected chi connectivity index (χ1v) is 8.04. The van der Waals surface area contributed by atoms with Crippen molar-refractivity contribution >= 4 is 0 Å². The minimum Gasteiger partial charge on any atom is -0.335 e. The zero-order chi connectivity index (χ0) is 15.1. The Balaban J connectivity index is 1.93. The fourth-order valence-corrected chi connectivity index (χ4v) is 2.59. The SMILES string of the molecule is CCCNC(C)Cc1ccc(Cc2nccn2CC)cc1. The average Bonchev–Trinajstić information content (AvgIpc) is 2.94. The Kier molecular flexibility index (Phi) is 6.00. The van der Waals surface area contributed by atoms with Crippen molar-refractivity contribution in [3.63, 3.8) is 0 Å². The molecule has 0 aliphatic rings. The smallest absolute Gasteiger partial charge is 0.113 e. The predicted molar refractivity (Wildman–Crippen MR) is 88.6 cm³/mol. The quantitative estimate of drug-likeness (QED) is 0.805. The molecule has 0 amide bonds. The lowest BCUT2D eigenvalue weighted by molar-refractivity contribution is 0.543. The molecule has 2 rings (SSSR count). The highest BCUT2D eigenvalue weighted by Crippen LogP contribution is 2.11. The molecule has 1 N–H and O–H groups in total. The minimum atomic E-state index is 0.537. The maximum Gasteiger partial charge on any atom is 0.113 e. The molecule has 3 nitrogen and oxygen atoms in total. The van der Waals surface area contributed by atoms with Gasteiger partial charge >= 0.3 is 0 Å². The Morgan fingerprint density at radius 3 is 2.52 bits per heavy atom. The molecule has 3 heteroatoms. The number of nitrogens with zero attached hydrogens (tertiary/aromatic N) is 2. The van der Waals surface area contributed by atoms with Gasteiger partial charge in [-0.1, -0.05) is 31.2 Å². The van der Waals surface area contributed by atoms with E-state index in [1.807, 2.05) is 12.4 Å². The summed E-state index contributed by atoms with van der Waals surface area (Å²) in [6, 6.07) is 9.50. The van der Waals surface area contributed by atoms with E-state index in [0.29, 0.717) is 6.04 Å². The van der Waals surface area contributed by atoms with Crippen LogP contribution in [0.2, 0.25) is 0 Å². The van der Waals surface area contributed by atoms with Gasteiger partial charge in [0.05, 0.1) is 0 Å². The molecule has 1 heterocycles. The van der Waals surface area contributed by atoms with Crippen LogP contribution >= 0.6 is 0 Å². The molecule has 1 aromatic heterocycles. The van der Waals surface area contributed by atoms with Crippen molar-refractivity contribution in [3.05, 3.63) is 53.6 Å². The van der Waals surface area contributed by atoms with Gasteiger partial charge in [-0.25, -0.2) is 4.98 Å². The van der Waals surface area contributed by atoms with Gasteiger partial charge in [-0.3, -0.25) is 0 Å². The molecule has 0 fully saturated rings. The van der Waals surface area contributed by atoms with Gasteiger partial charge in [0.25, 0.3) is 0 Å². The molecule has 2 aromatic rings. The lowest BCUT2D eigenvalue weighted by Gasteiger charge is -2.13. The van der Waals surface area contributed by atoms with Gasteiger partial charge in [0, 0.05) is 31.4 Å². The lowest BCUT2D eigenvalue weighted by Crippen LogP contribution is -2.28. The summed E-state index contributed by atoms with van der Waals surface area (Å²) >= 11 is 0. The summed E-state index contributed by atoms with van der Waals surface area (Å²) < 4.78 is 2.20. The second-order valence-corrected chi connectivity index (χ2v) is 5.68. The highest BCUT2D eigenvalue weighted by Gasteiger charge is 2.05. The molecule has 0 saturated heterocycles. The van der Waals surface area contributed by atoms with Gasteiger partial charge in [0.15, 0.2) is 0 Å². The van der Waals surface area contributed by atoms with Crippen molar-refractivity contribution in [2.45, 2.75) is 52.6 Å². The van der Waals surface area contributed by atoms with Crippen LogP contribution < -0.4 is 5.32 Å². The molecule has 114 valence electrons. The predicted octanol–water partition coefficient (Wildman–Crippen LogP) is 3.42. The van der Waals surface area contributed by atoms with Crippen molar-refractivity contribution in [2.24, 2.45) is 0 Å². The van der Waals surface area contributed by atoms with Crippen LogP contribution in [-0.2, 0) is 19.4 Å². The zero-order valence-corrected chi connectivity index (χ0v) is 13.5. The molecular formula is C18H27N3. The first-order valence-electron chi connectivity index (χ1n) is 8.04. The summed E-state index contributed by atoms with van der Waals surface area (Å²) in [5.41, 5.74) is 2.72. The van der Waals surface area contributed by atoms with Crippen molar-refractivity contribution in [2.75, 3.05) is 6.54 Å². The second kappa shape index (κ2) is 7.99. The highest BCUT2D eigenvalue weighted by molar-refractivity contribution is 5.25. The van der Waals surface area contributed by atoms with Crippen LogP contribution in [0.15, 0.2) is 36.7 Å². The topological polar surface area (TPSA) is 29.9 Å². The number of nitrogens with one attached hydrogen (secondary N) is 1. The van der Waals surface area contributed by atoms with Crippen molar-refractivity contribution in [1.29, 1.82) is 0 Å². The number of aryl methyl sites for hydroxylation is 1. The highest BCUT2D eigenvalue weighted by atomic mass is 15.0. The standard InChI is InChI=1S/C18H27N3/c1-4-10-19-15(3)13-16-6-8-17(9-7-16)14-18-20-11-12-21(18)5-2/h6-9,11-12,15,19H,4-5,10,13-14H2,1-3H3. The Hall–Kier alpha value is -1.61. The molecule has 21 heavy (non-hydrogen) atoms. The van der Waals surface area contributed by atoms with E-state index in [2.05, 4.69) is 59.9 Å². The van der Waals surface area contributed by atoms with Crippen LogP contribution in [0.25, 0.3) is 0 Å². The van der Waals surface area contributed by atoms with Crippen molar-refractivity contribution < 1.29 is 0 Å². The monoisotopic (exact) mass is 285 g/mol. The fraction of sp³-hybridized carbons (Fsp3) is 0.500. The summed E-state index contributed by atoms with van der Waals surface area (Å²) in [4.78, 5) is 4.44. The van der Waals surface area contributed by atoms with Gasteiger partial charge in [-0.05, 0) is 44.4 Å². The fourth-order valence-electron chi connectivity index (χ4n) is 2.59. The first-order chi connectivity index (χ1) is 10.2. The molecule has 0 radical (unpaired) electrons. The number of imidazole rings is 1. The Morgan fingerprint density at radius 2 is 1.86 bits per heavy atom. The van der Waals surface area contributed by atoms with Crippen LogP contribution in [0.4, 0.5) is 0 Å². The zero-order valence-electron chi connectivity index (χ0n) is 13.5. The molecule has 1 atom stereocenters. The Bertz CT molecular complexity index is 528. The summed E-state index contributed by atoms with van der Waals surface area (Å²) in [6.07, 6.45) is 7.11. The van der Waals surface area contributed by atoms with E-state index < -0.39 is 0 Å². The molecule has 0 spiro atoms. The number of benzene rings is 1. The number of aromatic nitrogens is 2. The van der Waals surface area contributed by atoms with Crippen LogP contribution in [0, 0.1) is 0 Å². The minimum absolute atomic E-state index is 0.537. The van der Waals surface area contributed by atoms with Gasteiger partial charge in [-0.15, -0.1) is 0 Å². The van der Waals surface area contributed by atoms with Crippen LogP contribution in [0.1, 0.15) is 44.1 Å². The van der Waals surface area contributed by atoms with E-state index >= 15 is 0 Å². The average molecular weight is 285 g/mol. The van der Waals surface area contributed by atoms with Crippen molar-refractivity contribution in [3.8, 4) is 0 Å². The molecular weight excluding hydrogens is 258 g/mol. The molecule has 1 aromatic carbocycles. The van der Waals surface area contributed by atoms with E-state index in [0.717, 1.165) is 31.8 Å². The van der Waals surface area contributed by atoms with Gasteiger partial charge < -0.3 is 9.88 Å². The summed E-state index contributed by atoms with van der Waals surface area (Å²) in [6.45, 7) is 8.68. The second-order valence-electron chi connectivity index (χ2n) is 5.68. The summed E-state index contributed by atoms with van der Waals surface area (Å²) in [7, 11) is 0. The van der Waals surface area contributed by atoms with Gasteiger partial charge in [0.1, 0.15) is 5.82 Å². The summed E-state index contributed by atoms with van der Waals surface area (Å²) in [5, 5.41) is 3.53. The van der Waals surface area contributed by atoms with Crippen LogP contribution in [0.3, 0.4) is 0 Å². The largest absolute Gasteiger partial charge is 0.335 e. The summed E-state index contributed by atoms with van der Waals surface area (Å²) in [5.74, 6) is 1.14. The number of hydrogen-bond acceptors (Lipinski definition) is 2. The van der Waals surface area contributed by atoms with Crippen LogP contribution in [-0.4, -0.2) is 22.1 Å². The third-order valence-electron chi connectivity index (χ3n) is 3.81. The molecule has 0 bridgehead atoms. The molecule has 0 aliphatic heterocycles. The molecule has 0 aliphatic carbocycles. The van der Waals surface area contributed by atoms with E-state index in [9.17, 15) is 0 Å². The van der Waals surface area contributed by atoms with Crippen LogP contribution in [0.5, 0.6) is 0 Å². The lowest BCUT2D eigenvalue weighted by atomic mass is 10.0. The third-order valence-corrected chi connectivity index (χ3v) is 3.81. The third kappa shape index (κ3) is 4.71. The van der Waals surface area contributed by atoms with E-state index in [1.54, 1.807) is 0 Å².